The summed E-state index contributed by atoms with van der Waals surface area (Å²) in [6.45, 7) is -24.6. The molecular formula is C79H75F4Ir2N7O7S-4. The second-order valence-corrected chi connectivity index (χ2v) is 20.4. The molecule has 3 N–H and O–H groups in total. The van der Waals surface area contributed by atoms with Gasteiger partial charge in [-0.3, -0.25) is 13.9 Å². The van der Waals surface area contributed by atoms with Gasteiger partial charge in [-0.15, -0.1) is 126 Å². The van der Waals surface area contributed by atoms with Crippen molar-refractivity contribution >= 4 is 54.3 Å². The van der Waals surface area contributed by atoms with Gasteiger partial charge in [0.05, 0.1) is 19.8 Å². The Bertz CT molecular complexity index is 5390. The van der Waals surface area contributed by atoms with Crippen molar-refractivity contribution in [2.45, 2.75) is 72.1 Å². The van der Waals surface area contributed by atoms with Gasteiger partial charge in [0.15, 0.2) is 0 Å². The molecule has 0 bridgehead atoms. The number of aryl methyl sites for hydroxylation is 4. The van der Waals surface area contributed by atoms with E-state index in [1.165, 1.54) is 36.4 Å². The minimum atomic E-state index is -5.84. The van der Waals surface area contributed by atoms with E-state index in [9.17, 15) is 17.6 Å². The molecule has 524 valence electrons. The SMILES string of the molecule is CO.CO.O=S(=O)(O)C(F)(F)F.[2H]C([2H])([2H])c1ccc2c(n1)oc1c(-c3cc(C([2H])(C([2H])([2H])[2H])C([2H])([2H])[2H])c(C([2H])([2H])[2H])cn3)[c-]ccc12.[2H]C([2H])([2H])c1ccc2c(n1)oc1c(-c3cc(C([2H])(C([2H])([2H])[2H])C([2H])([2H])[2H])c(C([2H])([2H])[2H])cn3)cccc12.[2H]CF.[Ir].[Ir].[c-]1ccccc1-c1ccccn1.[c-]1ccccc1-c1ccccn1.[c-]1ccccc1-c1ccccn1. The van der Waals surface area contributed by atoms with E-state index in [-0.39, 0.29) is 96.7 Å². The fraction of sp³-hybridized carbons (Fsp3) is 0.177. The van der Waals surface area contributed by atoms with E-state index in [2.05, 4.69) is 59.2 Å². The molecule has 0 aliphatic rings. The van der Waals surface area contributed by atoms with Crippen LogP contribution in [0.25, 0.3) is 100 Å². The van der Waals surface area contributed by atoms with Crippen LogP contribution in [0, 0.1) is 51.7 Å². The maximum atomic E-state index is 10.7. The van der Waals surface area contributed by atoms with Crippen LogP contribution in [0.4, 0.5) is 17.6 Å². The Morgan fingerprint density at radius 1 is 0.470 bits per heavy atom. The maximum Gasteiger partial charge on any atom is 0.522 e. The summed E-state index contributed by atoms with van der Waals surface area (Å²) in [7, 11) is -4.84. The number of aliphatic hydroxyl groups excluding tert-OH is 2. The third kappa shape index (κ3) is 23.1. The number of hydrogen-bond acceptors (Lipinski definition) is 13. The first-order valence-corrected chi connectivity index (χ1v) is 29.6. The first-order chi connectivity index (χ1) is 58.1. The van der Waals surface area contributed by atoms with Gasteiger partial charge in [-0.2, -0.15) is 21.6 Å². The number of para-hydroxylation sites is 1. The van der Waals surface area contributed by atoms with Gasteiger partial charge in [-0.05, 0) is 139 Å². The molecule has 0 saturated heterocycles. The fourth-order valence-electron chi connectivity index (χ4n) is 8.53. The van der Waals surface area contributed by atoms with Crippen molar-refractivity contribution in [3.8, 4) is 56.3 Å². The number of fused-ring (bicyclic) bond motifs is 6. The fourth-order valence-corrected chi connectivity index (χ4v) is 8.53. The third-order valence-electron chi connectivity index (χ3n) is 12.8. The number of benzene rings is 5. The van der Waals surface area contributed by atoms with Crippen LogP contribution in [-0.4, -0.2) is 85.0 Å². The molecule has 14 aromatic rings. The van der Waals surface area contributed by atoms with Gasteiger partial charge in [0.25, 0.3) is 0 Å². The van der Waals surface area contributed by atoms with Gasteiger partial charge >= 0.3 is 15.6 Å². The van der Waals surface area contributed by atoms with Gasteiger partial charge < -0.3 is 39.0 Å². The summed E-state index contributed by atoms with van der Waals surface area (Å²) in [5.74, 6) is -6.57. The number of pyridine rings is 7. The molecule has 5 aromatic carbocycles. The Hall–Kier alpha value is -9.40. The molecule has 2 radical (unpaired) electrons. The van der Waals surface area contributed by atoms with Crippen molar-refractivity contribution < 1.29 is 127 Å². The molecule has 0 spiro atoms. The number of halogens is 4. The molecule has 0 amide bonds. The van der Waals surface area contributed by atoms with Crippen molar-refractivity contribution in [1.82, 2.24) is 34.9 Å². The summed E-state index contributed by atoms with van der Waals surface area (Å²) in [5, 5.41) is 16.0. The summed E-state index contributed by atoms with van der Waals surface area (Å²) in [4.78, 5) is 29.1. The number of hydrogen-bond donors (Lipinski definition) is 3. The van der Waals surface area contributed by atoms with Gasteiger partial charge in [0, 0.05) is 154 Å². The first kappa shape index (κ1) is 50.0. The van der Waals surface area contributed by atoms with E-state index in [0.717, 1.165) is 72.5 Å². The smallest absolute Gasteiger partial charge is 0.486 e. The standard InChI is InChI=1S/C21H20N2O.C21H19N2O.3C11H8N.CHF3O3S.CH3F.2CH4O.2Ir/c2*1-12(2)18-10-19(22-11-13(18)3)17-7-5-6-15-16-9-8-14(4)23-21(16)24-20(15)17;3*1-2-6-10(7-3-1)11-8-4-5-9-12-11;2-1(3,4)8(5,6)7;3*1-2;;/h5-12H,1-4H3;5-6,8-12H,1-4H3;3*1-6,8-9H;(H,5,6,7);1H3;2*2H,1H3;;/q;4*-1;;;;;;/i2*1D3,2D3,3D3,4D3,12D;;;;;1D;;;;. The summed E-state index contributed by atoms with van der Waals surface area (Å²) in [6.07, 6.45) is 7.05. The average molecular weight is 1750 g/mol. The number of aromatic nitrogens is 7. The Kier molecular flexibility index (Phi) is 20.6. The maximum absolute atomic E-state index is 10.7. The van der Waals surface area contributed by atoms with Gasteiger partial charge in [0.1, 0.15) is 5.58 Å². The normalized spacial score (nSPS) is 15.6. The second-order valence-electron chi connectivity index (χ2n) is 19.0. The van der Waals surface area contributed by atoms with E-state index in [4.69, 9.17) is 69.0 Å². The molecule has 0 aliphatic carbocycles. The zero-order valence-electron chi connectivity index (χ0n) is 79.3. The molecular weight excluding hydrogens is 1650 g/mol. The number of rotatable bonds is 7. The largest absolute Gasteiger partial charge is 0.522 e. The van der Waals surface area contributed by atoms with E-state index in [1.54, 1.807) is 36.8 Å². The topological polar surface area (TPSA) is 211 Å². The van der Waals surface area contributed by atoms with Crippen molar-refractivity contribution in [2.75, 3.05) is 21.4 Å². The van der Waals surface area contributed by atoms with Crippen molar-refractivity contribution in [1.29, 1.82) is 0 Å². The Morgan fingerprint density at radius 3 is 1.26 bits per heavy atom. The van der Waals surface area contributed by atoms with Crippen LogP contribution in [0.3, 0.4) is 0 Å². The Morgan fingerprint density at radius 2 is 0.880 bits per heavy atom. The predicted molar refractivity (Wildman–Crippen MR) is 382 cm³/mol. The summed E-state index contributed by atoms with van der Waals surface area (Å²) in [6, 6.07) is 68.9. The van der Waals surface area contributed by atoms with Crippen LogP contribution >= 0.6 is 0 Å². The summed E-state index contributed by atoms with van der Waals surface area (Å²) < 4.78 is 288. The van der Waals surface area contributed by atoms with Crippen LogP contribution < -0.4 is 0 Å². The average Bonchev–Trinajstić information content (AvgIpc) is 1.42. The first-order valence-electron chi connectivity index (χ1n) is 41.8. The zero-order valence-corrected chi connectivity index (χ0v) is 57.9. The van der Waals surface area contributed by atoms with Crippen LogP contribution in [0.2, 0.25) is 0 Å². The zero-order chi connectivity index (χ0) is 93.9. The van der Waals surface area contributed by atoms with E-state index < -0.39 is 112 Å². The number of alkyl halides is 4. The number of aliphatic hydroxyl groups is 2. The van der Waals surface area contributed by atoms with Gasteiger partial charge in [-0.25, -0.2) is 9.97 Å². The van der Waals surface area contributed by atoms with Crippen LogP contribution in [0.1, 0.15) is 110 Å². The van der Waals surface area contributed by atoms with E-state index in [0.29, 0.717) is 21.5 Å². The summed E-state index contributed by atoms with van der Waals surface area (Å²) in [5.41, 5.74) is -2.13. The molecule has 14 rings (SSSR count). The Labute approximate surface area is 646 Å². The molecule has 21 heteroatoms. The van der Waals surface area contributed by atoms with Crippen LogP contribution in [-0.2, 0) is 50.3 Å². The molecule has 0 saturated carbocycles. The van der Waals surface area contributed by atoms with E-state index >= 15 is 0 Å². The molecule has 0 unspecified atom stereocenters. The Balaban J connectivity index is 0.000000343. The predicted octanol–water partition coefficient (Wildman–Crippen LogP) is 19.2. The molecule has 100 heavy (non-hydrogen) atoms. The van der Waals surface area contributed by atoms with Crippen molar-refractivity contribution in [3.63, 3.8) is 0 Å². The van der Waals surface area contributed by atoms with Gasteiger partial charge in [0.2, 0.25) is 11.4 Å². The van der Waals surface area contributed by atoms with Crippen molar-refractivity contribution in [3.05, 3.63) is 283 Å². The van der Waals surface area contributed by atoms with E-state index in [1.807, 2.05) is 127 Å². The third-order valence-corrected chi connectivity index (χ3v) is 13.4. The number of furan rings is 2. The van der Waals surface area contributed by atoms with Gasteiger partial charge in [-0.1, -0.05) is 93.0 Å². The molecule has 0 fully saturated rings. The quantitative estimate of drug-likeness (QED) is 0.0587. The molecule has 0 aliphatic heterocycles. The van der Waals surface area contributed by atoms with Crippen molar-refractivity contribution in [2.24, 2.45) is 0 Å². The second kappa shape index (κ2) is 41.2. The minimum Gasteiger partial charge on any atom is -0.486 e. The molecule has 0 atom stereocenters. The monoisotopic (exact) mass is 1750 g/mol. The molecule has 9 heterocycles. The minimum absolute atomic E-state index is 0. The molecule has 14 nitrogen and oxygen atoms in total. The molecule has 9 aromatic heterocycles. The van der Waals surface area contributed by atoms with Crippen LogP contribution in [0.15, 0.2) is 234 Å². The number of nitrogens with zero attached hydrogens (tertiary/aromatic N) is 7. The summed E-state index contributed by atoms with van der Waals surface area (Å²) >= 11 is 0. The van der Waals surface area contributed by atoms with Crippen LogP contribution in [0.5, 0.6) is 0 Å².